The van der Waals surface area contributed by atoms with Gasteiger partial charge < -0.3 is 9.64 Å². The number of thiazole rings is 1. The van der Waals surface area contributed by atoms with E-state index in [0.717, 1.165) is 34.3 Å². The number of halogens is 4. The fourth-order valence-electron chi connectivity index (χ4n) is 4.00. The highest BCUT2D eigenvalue weighted by Gasteiger charge is 2.36. The van der Waals surface area contributed by atoms with E-state index in [-0.39, 0.29) is 17.9 Å². The fraction of sp³-hybridized carbons (Fsp3) is 0.348. The fourth-order valence-corrected chi connectivity index (χ4v) is 7.14. The highest BCUT2D eigenvalue weighted by Crippen LogP contribution is 2.36. The zero-order valence-electron chi connectivity index (χ0n) is 18.2. The highest BCUT2D eigenvalue weighted by atomic mass is 35.5. The van der Waals surface area contributed by atoms with E-state index < -0.39 is 31.7 Å². The highest BCUT2D eigenvalue weighted by molar-refractivity contribution is 7.92. The van der Waals surface area contributed by atoms with Gasteiger partial charge in [0.15, 0.2) is 15.0 Å². The molecule has 3 aromatic rings. The summed E-state index contributed by atoms with van der Waals surface area (Å²) < 4.78 is 70.9. The number of sulfone groups is 1. The standard InChI is InChI=1S/C23H22ClF3N2O3S2/c1-32-20-5-3-2-4-15(20)12-17-14-33-22(28-17)29-10-8-18(9-11-29)34(30,31)21-13-16(23(25,26)27)6-7-19(21)24/h2-7,13-14,18H,8-12H2,1H3. The summed E-state index contributed by atoms with van der Waals surface area (Å²) in [6.07, 6.45) is -3.49. The van der Waals surface area contributed by atoms with Gasteiger partial charge in [0.2, 0.25) is 0 Å². The van der Waals surface area contributed by atoms with Crippen LogP contribution in [0.1, 0.15) is 29.7 Å². The predicted octanol–water partition coefficient (Wildman–Crippen LogP) is 5.86. The Labute approximate surface area is 205 Å². The summed E-state index contributed by atoms with van der Waals surface area (Å²) in [6, 6.07) is 10.1. The number of hydrogen-bond acceptors (Lipinski definition) is 6. The first kappa shape index (κ1) is 24.8. The minimum Gasteiger partial charge on any atom is -0.496 e. The number of rotatable bonds is 6. The molecule has 2 aromatic carbocycles. The van der Waals surface area contributed by atoms with Gasteiger partial charge in [-0.1, -0.05) is 29.8 Å². The van der Waals surface area contributed by atoms with Gasteiger partial charge in [0.05, 0.1) is 33.5 Å². The van der Waals surface area contributed by atoms with Crippen molar-refractivity contribution in [1.29, 1.82) is 0 Å². The number of anilines is 1. The smallest absolute Gasteiger partial charge is 0.416 e. The second kappa shape index (κ2) is 9.75. The maximum absolute atomic E-state index is 13.1. The summed E-state index contributed by atoms with van der Waals surface area (Å²) in [7, 11) is -2.39. The summed E-state index contributed by atoms with van der Waals surface area (Å²) in [5.41, 5.74) is 0.873. The molecule has 0 amide bonds. The van der Waals surface area contributed by atoms with Crippen molar-refractivity contribution in [3.8, 4) is 5.75 Å². The second-order valence-electron chi connectivity index (χ2n) is 7.98. The van der Waals surface area contributed by atoms with Crippen molar-refractivity contribution in [2.45, 2.75) is 35.6 Å². The van der Waals surface area contributed by atoms with Gasteiger partial charge >= 0.3 is 6.18 Å². The molecule has 0 aliphatic carbocycles. The van der Waals surface area contributed by atoms with Crippen molar-refractivity contribution in [2.75, 3.05) is 25.1 Å². The lowest BCUT2D eigenvalue weighted by Gasteiger charge is -2.31. The molecule has 0 bridgehead atoms. The molecule has 2 heterocycles. The van der Waals surface area contributed by atoms with E-state index in [1.165, 1.54) is 11.3 Å². The van der Waals surface area contributed by atoms with Crippen molar-refractivity contribution < 1.29 is 26.3 Å². The first-order valence-corrected chi connectivity index (χ1v) is 13.3. The Morgan fingerprint density at radius 3 is 2.56 bits per heavy atom. The number of nitrogens with zero attached hydrogens (tertiary/aromatic N) is 2. The number of benzene rings is 2. The van der Waals surface area contributed by atoms with Gasteiger partial charge in [-0.2, -0.15) is 13.2 Å². The van der Waals surface area contributed by atoms with Gasteiger partial charge in [-0.05, 0) is 37.1 Å². The number of hydrogen-bond donors (Lipinski definition) is 0. The Balaban J connectivity index is 1.45. The van der Waals surface area contributed by atoms with Crippen LogP contribution in [0.15, 0.2) is 52.7 Å². The SMILES string of the molecule is COc1ccccc1Cc1csc(N2CCC(S(=O)(=O)c3cc(C(F)(F)F)ccc3Cl)CC2)n1. The third-order valence-electron chi connectivity index (χ3n) is 5.82. The van der Waals surface area contributed by atoms with Crippen molar-refractivity contribution in [3.63, 3.8) is 0 Å². The normalized spacial score (nSPS) is 15.5. The van der Waals surface area contributed by atoms with Crippen molar-refractivity contribution in [3.05, 3.63) is 69.7 Å². The molecule has 0 spiro atoms. The minimum atomic E-state index is -4.65. The summed E-state index contributed by atoms with van der Waals surface area (Å²) in [5.74, 6) is 0.788. The van der Waals surface area contributed by atoms with Crippen LogP contribution in [0.2, 0.25) is 5.02 Å². The van der Waals surface area contributed by atoms with Crippen molar-refractivity contribution in [1.82, 2.24) is 4.98 Å². The minimum absolute atomic E-state index is 0.198. The van der Waals surface area contributed by atoms with E-state index in [2.05, 4.69) is 0 Å². The molecular weight excluding hydrogens is 509 g/mol. The molecule has 0 radical (unpaired) electrons. The molecule has 1 aliphatic rings. The van der Waals surface area contributed by atoms with Crippen LogP contribution in [-0.2, 0) is 22.4 Å². The first-order chi connectivity index (χ1) is 16.1. The lowest BCUT2D eigenvalue weighted by molar-refractivity contribution is -0.137. The van der Waals surface area contributed by atoms with E-state index in [4.69, 9.17) is 21.3 Å². The van der Waals surface area contributed by atoms with Gasteiger partial charge in [0.1, 0.15) is 5.75 Å². The largest absolute Gasteiger partial charge is 0.496 e. The van der Waals surface area contributed by atoms with Gasteiger partial charge in [0, 0.05) is 30.5 Å². The van der Waals surface area contributed by atoms with E-state index in [0.29, 0.717) is 25.6 Å². The average molecular weight is 531 g/mol. The summed E-state index contributed by atoms with van der Waals surface area (Å²) in [5, 5.41) is 1.75. The molecule has 1 fully saturated rings. The van der Waals surface area contributed by atoms with Gasteiger partial charge in [0.25, 0.3) is 0 Å². The molecule has 11 heteroatoms. The van der Waals surface area contributed by atoms with Crippen LogP contribution < -0.4 is 9.64 Å². The molecule has 182 valence electrons. The first-order valence-electron chi connectivity index (χ1n) is 10.5. The zero-order chi connectivity index (χ0) is 24.5. The van der Waals surface area contributed by atoms with Crippen LogP contribution in [0.4, 0.5) is 18.3 Å². The Morgan fingerprint density at radius 1 is 1.18 bits per heavy atom. The predicted molar refractivity (Wildman–Crippen MR) is 127 cm³/mol. The molecule has 1 aromatic heterocycles. The van der Waals surface area contributed by atoms with E-state index in [9.17, 15) is 21.6 Å². The van der Waals surface area contributed by atoms with Gasteiger partial charge in [-0.3, -0.25) is 0 Å². The lowest BCUT2D eigenvalue weighted by atomic mass is 10.1. The summed E-state index contributed by atoms with van der Waals surface area (Å²) in [4.78, 5) is 6.24. The molecule has 0 saturated carbocycles. The number of aromatic nitrogens is 1. The zero-order valence-corrected chi connectivity index (χ0v) is 20.6. The second-order valence-corrected chi connectivity index (χ2v) is 11.4. The Morgan fingerprint density at radius 2 is 1.88 bits per heavy atom. The molecule has 0 N–H and O–H groups in total. The number of ether oxygens (including phenoxy) is 1. The van der Waals surface area contributed by atoms with Crippen LogP contribution in [0.25, 0.3) is 0 Å². The van der Waals surface area contributed by atoms with Crippen LogP contribution in [0, 0.1) is 0 Å². The van der Waals surface area contributed by atoms with Crippen LogP contribution >= 0.6 is 22.9 Å². The van der Waals surface area contributed by atoms with E-state index in [1.54, 1.807) is 7.11 Å². The van der Waals surface area contributed by atoms with Crippen molar-refractivity contribution >= 4 is 37.9 Å². The Bertz CT molecular complexity index is 1270. The van der Waals surface area contributed by atoms with Crippen LogP contribution in [0.3, 0.4) is 0 Å². The Hall–Kier alpha value is -2.30. The molecule has 0 unspecified atom stereocenters. The topological polar surface area (TPSA) is 59.5 Å². The number of alkyl halides is 3. The quantitative estimate of drug-likeness (QED) is 0.399. The molecule has 1 aliphatic heterocycles. The van der Waals surface area contributed by atoms with Gasteiger partial charge in [-0.25, -0.2) is 13.4 Å². The molecule has 1 saturated heterocycles. The van der Waals surface area contributed by atoms with Crippen LogP contribution in [0.5, 0.6) is 5.75 Å². The number of methoxy groups -OCH3 is 1. The molecule has 5 nitrogen and oxygen atoms in total. The van der Waals surface area contributed by atoms with Gasteiger partial charge in [-0.15, -0.1) is 11.3 Å². The Kier molecular flexibility index (Phi) is 7.12. The number of piperidine rings is 1. The molecular formula is C23H22ClF3N2O3S2. The number of para-hydroxylation sites is 1. The maximum atomic E-state index is 13.1. The van der Waals surface area contributed by atoms with E-state index >= 15 is 0 Å². The molecule has 34 heavy (non-hydrogen) atoms. The molecule has 4 rings (SSSR count). The lowest BCUT2D eigenvalue weighted by Crippen LogP contribution is -2.39. The third kappa shape index (κ3) is 5.18. The maximum Gasteiger partial charge on any atom is 0.416 e. The van der Waals surface area contributed by atoms with Crippen LogP contribution in [-0.4, -0.2) is 38.9 Å². The summed E-state index contributed by atoms with van der Waals surface area (Å²) >= 11 is 7.47. The van der Waals surface area contributed by atoms with E-state index in [1.807, 2.05) is 34.5 Å². The third-order valence-corrected chi connectivity index (χ3v) is 9.51. The summed E-state index contributed by atoms with van der Waals surface area (Å²) in [6.45, 7) is 0.865. The average Bonchev–Trinajstić information content (AvgIpc) is 3.27. The molecule has 0 atom stereocenters. The van der Waals surface area contributed by atoms with Crippen molar-refractivity contribution in [2.24, 2.45) is 0 Å². The monoisotopic (exact) mass is 530 g/mol.